The molecule has 0 aliphatic rings. The molecule has 0 saturated heterocycles. The molecule has 0 bridgehead atoms. The predicted molar refractivity (Wildman–Crippen MR) is 76.5 cm³/mol. The molecule has 1 aromatic heterocycles. The maximum atomic E-state index is 12.2. The second-order valence-electron chi connectivity index (χ2n) is 4.18. The van der Waals surface area contributed by atoms with Crippen molar-refractivity contribution >= 4 is 26.5 Å². The maximum Gasteiger partial charge on any atom is 0.252 e. The number of aromatic nitrogens is 1. The molecule has 0 fully saturated rings. The number of nitrogens with zero attached hydrogens (tertiary/aromatic N) is 1. The summed E-state index contributed by atoms with van der Waals surface area (Å²) in [5.41, 5.74) is 7.95. The van der Waals surface area contributed by atoms with Gasteiger partial charge in [-0.15, -0.1) is 0 Å². The topological polar surface area (TPSA) is 85.1 Å². The minimum absolute atomic E-state index is 0.179. The Morgan fingerprint density at radius 1 is 1.32 bits per heavy atom. The Kier molecular flexibility index (Phi) is 3.88. The highest BCUT2D eigenvalue weighted by molar-refractivity contribution is 7.91. The van der Waals surface area contributed by atoms with Crippen molar-refractivity contribution < 1.29 is 8.42 Å². The average Bonchev–Trinajstić information content (AvgIpc) is 2.68. The van der Waals surface area contributed by atoms with Gasteiger partial charge in [0.05, 0.1) is 5.69 Å². The quantitative estimate of drug-likeness (QED) is 0.901. The fourth-order valence-corrected chi connectivity index (χ4v) is 4.05. The van der Waals surface area contributed by atoms with Gasteiger partial charge < -0.3 is 5.73 Å². The summed E-state index contributed by atoms with van der Waals surface area (Å²) in [6.07, 6.45) is 0. The summed E-state index contributed by atoms with van der Waals surface area (Å²) in [6, 6.07) is 7.64. The first-order valence-electron chi connectivity index (χ1n) is 5.67. The molecule has 0 saturated carbocycles. The van der Waals surface area contributed by atoms with Gasteiger partial charge in [-0.3, -0.25) is 0 Å². The maximum absolute atomic E-state index is 12.2. The molecular formula is C12H15N3O2S2. The Hall–Kier alpha value is -1.44. The first-order chi connectivity index (χ1) is 8.90. The fraction of sp³-hybridized carbons (Fsp3) is 0.250. The number of thiazole rings is 1. The number of hydrogen-bond donors (Lipinski definition) is 2. The smallest absolute Gasteiger partial charge is 0.252 e. The number of nitrogens with two attached hydrogens (primary N) is 1. The Bertz CT molecular complexity index is 693. The summed E-state index contributed by atoms with van der Waals surface area (Å²) >= 11 is 0.977. The van der Waals surface area contributed by atoms with Crippen molar-refractivity contribution in [1.29, 1.82) is 0 Å². The molecule has 3 N–H and O–H groups in total. The molecule has 2 aromatic rings. The van der Waals surface area contributed by atoms with Crippen molar-refractivity contribution in [2.75, 3.05) is 5.73 Å². The van der Waals surface area contributed by atoms with Crippen LogP contribution < -0.4 is 10.5 Å². The number of hydrogen-bond acceptors (Lipinski definition) is 5. The lowest BCUT2D eigenvalue weighted by molar-refractivity contribution is 0.582. The van der Waals surface area contributed by atoms with Crippen molar-refractivity contribution in [1.82, 2.24) is 9.71 Å². The summed E-state index contributed by atoms with van der Waals surface area (Å²) in [6.45, 7) is 3.83. The van der Waals surface area contributed by atoms with Crippen LogP contribution in [0.25, 0.3) is 0 Å². The Morgan fingerprint density at radius 3 is 2.58 bits per heavy atom. The number of sulfonamides is 1. The highest BCUT2D eigenvalue weighted by Gasteiger charge is 2.20. The Balaban J connectivity index is 2.19. The minimum atomic E-state index is -3.56. The Morgan fingerprint density at radius 2 is 2.00 bits per heavy atom. The third-order valence-corrected chi connectivity index (χ3v) is 5.73. The standard InChI is InChI=1S/C12H15N3O2S2/c1-8-5-3-4-6-10(8)7-14-19(16,17)11-9(2)15-12(13)18-11/h3-6,14H,7H2,1-2H3,(H2,13,15). The second kappa shape index (κ2) is 5.28. The molecule has 0 unspecified atom stereocenters. The summed E-state index contributed by atoms with van der Waals surface area (Å²) in [5.74, 6) is 0. The highest BCUT2D eigenvalue weighted by Crippen LogP contribution is 2.24. The molecule has 1 aromatic carbocycles. The van der Waals surface area contributed by atoms with E-state index in [1.165, 1.54) is 0 Å². The summed E-state index contributed by atoms with van der Waals surface area (Å²) in [7, 11) is -3.56. The van der Waals surface area contributed by atoms with Crippen molar-refractivity contribution in [2.45, 2.75) is 24.6 Å². The zero-order chi connectivity index (χ0) is 14.0. The molecule has 5 nitrogen and oxygen atoms in total. The monoisotopic (exact) mass is 297 g/mol. The Labute approximate surface area is 116 Å². The first-order valence-corrected chi connectivity index (χ1v) is 7.97. The van der Waals surface area contributed by atoms with Gasteiger partial charge in [-0.2, -0.15) is 0 Å². The van der Waals surface area contributed by atoms with E-state index in [0.29, 0.717) is 5.69 Å². The molecule has 0 spiro atoms. The van der Waals surface area contributed by atoms with E-state index in [1.807, 2.05) is 31.2 Å². The highest BCUT2D eigenvalue weighted by atomic mass is 32.2. The van der Waals surface area contributed by atoms with Crippen LogP contribution in [-0.2, 0) is 16.6 Å². The van der Waals surface area contributed by atoms with Gasteiger partial charge in [-0.05, 0) is 25.0 Å². The van der Waals surface area contributed by atoms with Crippen molar-refractivity contribution in [3.8, 4) is 0 Å². The summed E-state index contributed by atoms with van der Waals surface area (Å²) < 4.78 is 27.1. The lowest BCUT2D eigenvalue weighted by Crippen LogP contribution is -2.23. The van der Waals surface area contributed by atoms with Crippen LogP contribution in [0.3, 0.4) is 0 Å². The van der Waals surface area contributed by atoms with E-state index in [9.17, 15) is 8.42 Å². The van der Waals surface area contributed by atoms with Gasteiger partial charge >= 0.3 is 0 Å². The van der Waals surface area contributed by atoms with Crippen LogP contribution in [-0.4, -0.2) is 13.4 Å². The van der Waals surface area contributed by atoms with E-state index in [2.05, 4.69) is 9.71 Å². The molecule has 7 heteroatoms. The van der Waals surface area contributed by atoms with Gasteiger partial charge in [0.2, 0.25) is 0 Å². The third kappa shape index (κ3) is 3.12. The van der Waals surface area contributed by atoms with Crippen molar-refractivity contribution in [2.24, 2.45) is 0 Å². The molecule has 0 aliphatic carbocycles. The van der Waals surface area contributed by atoms with E-state index < -0.39 is 10.0 Å². The number of aryl methyl sites for hydroxylation is 2. The van der Waals surface area contributed by atoms with Gasteiger partial charge in [0.15, 0.2) is 9.34 Å². The summed E-state index contributed by atoms with van der Waals surface area (Å²) in [4.78, 5) is 3.93. The van der Waals surface area contributed by atoms with E-state index in [0.717, 1.165) is 22.5 Å². The average molecular weight is 297 g/mol. The van der Waals surface area contributed by atoms with E-state index in [-0.39, 0.29) is 15.9 Å². The van der Waals surface area contributed by atoms with Gasteiger partial charge in [0.1, 0.15) is 0 Å². The molecular weight excluding hydrogens is 282 g/mol. The molecule has 0 atom stereocenters. The summed E-state index contributed by atoms with van der Waals surface area (Å²) in [5, 5.41) is 0.258. The zero-order valence-corrected chi connectivity index (χ0v) is 12.3. The molecule has 102 valence electrons. The van der Waals surface area contributed by atoms with Gasteiger partial charge in [-0.1, -0.05) is 35.6 Å². The van der Waals surface area contributed by atoms with Gasteiger partial charge in [0.25, 0.3) is 10.0 Å². The van der Waals surface area contributed by atoms with Crippen LogP contribution >= 0.6 is 11.3 Å². The normalized spacial score (nSPS) is 11.7. The molecule has 1 heterocycles. The molecule has 0 amide bonds. The van der Waals surface area contributed by atoms with E-state index >= 15 is 0 Å². The van der Waals surface area contributed by atoms with E-state index in [1.54, 1.807) is 6.92 Å². The number of benzene rings is 1. The largest absolute Gasteiger partial charge is 0.375 e. The van der Waals surface area contributed by atoms with Crippen molar-refractivity contribution in [3.63, 3.8) is 0 Å². The van der Waals surface area contributed by atoms with Crippen LogP contribution in [0.15, 0.2) is 28.5 Å². The number of nitrogens with one attached hydrogen (secondary N) is 1. The molecule has 0 radical (unpaired) electrons. The van der Waals surface area contributed by atoms with Crippen LogP contribution in [0.2, 0.25) is 0 Å². The first kappa shape index (κ1) is 14.0. The van der Waals surface area contributed by atoms with Crippen LogP contribution in [0.1, 0.15) is 16.8 Å². The van der Waals surface area contributed by atoms with Crippen LogP contribution in [0.4, 0.5) is 5.13 Å². The van der Waals surface area contributed by atoms with Gasteiger partial charge in [-0.25, -0.2) is 18.1 Å². The SMILES string of the molecule is Cc1ccccc1CNS(=O)(=O)c1sc(N)nc1C. The fourth-order valence-electron chi connectivity index (χ4n) is 1.70. The van der Waals surface area contributed by atoms with Crippen molar-refractivity contribution in [3.05, 3.63) is 41.1 Å². The number of anilines is 1. The molecule has 0 aliphatic heterocycles. The second-order valence-corrected chi connectivity index (χ2v) is 7.17. The molecule has 19 heavy (non-hydrogen) atoms. The predicted octanol–water partition coefficient (Wildman–Crippen LogP) is 1.82. The van der Waals surface area contributed by atoms with E-state index in [4.69, 9.17) is 5.73 Å². The lowest BCUT2D eigenvalue weighted by atomic mass is 10.1. The zero-order valence-electron chi connectivity index (χ0n) is 10.7. The number of rotatable bonds is 4. The van der Waals surface area contributed by atoms with Crippen LogP contribution in [0, 0.1) is 13.8 Å². The molecule has 2 rings (SSSR count). The third-order valence-electron chi connectivity index (χ3n) is 2.73. The number of nitrogen functional groups attached to an aromatic ring is 1. The lowest BCUT2D eigenvalue weighted by Gasteiger charge is -2.07. The van der Waals surface area contributed by atoms with Gasteiger partial charge in [0, 0.05) is 6.54 Å². The minimum Gasteiger partial charge on any atom is -0.375 e. The van der Waals surface area contributed by atoms with Crippen LogP contribution in [0.5, 0.6) is 0 Å².